The zero-order valence-corrected chi connectivity index (χ0v) is 13.5. The van der Waals surface area contributed by atoms with Crippen molar-refractivity contribution in [3.8, 4) is 0 Å². The second-order valence-corrected chi connectivity index (χ2v) is 5.31. The van der Waals surface area contributed by atoms with Gasteiger partial charge in [0.25, 0.3) is 11.6 Å². The van der Waals surface area contributed by atoms with E-state index in [9.17, 15) is 19.7 Å². The van der Waals surface area contributed by atoms with Gasteiger partial charge < -0.3 is 15.2 Å². The number of nitro benzene ring substituents is 1. The second kappa shape index (κ2) is 8.22. The second-order valence-electron chi connectivity index (χ2n) is 4.90. The number of hydrogen-bond acceptors (Lipinski definition) is 6. The minimum atomic E-state index is -0.718. The lowest BCUT2D eigenvalue weighted by atomic mass is 10.1. The molecule has 2 aromatic rings. The summed E-state index contributed by atoms with van der Waals surface area (Å²) in [5.41, 5.74) is 0.665. The van der Waals surface area contributed by atoms with Crippen LogP contribution in [0.15, 0.2) is 42.5 Å². The van der Waals surface area contributed by atoms with Gasteiger partial charge in [0.05, 0.1) is 27.8 Å². The Morgan fingerprint density at radius 2 is 1.88 bits per heavy atom. The third-order valence-electron chi connectivity index (χ3n) is 3.14. The van der Waals surface area contributed by atoms with Crippen LogP contribution in [0.1, 0.15) is 15.9 Å². The van der Waals surface area contributed by atoms with Gasteiger partial charge in [-0.1, -0.05) is 23.7 Å². The summed E-state index contributed by atoms with van der Waals surface area (Å²) in [6.07, 6.45) is 0. The Bertz CT molecular complexity index is 807. The van der Waals surface area contributed by atoms with Crippen molar-refractivity contribution in [3.05, 3.63) is 68.7 Å². The average Bonchev–Trinajstić information content (AvgIpc) is 2.61. The summed E-state index contributed by atoms with van der Waals surface area (Å²) in [4.78, 5) is 33.8. The molecule has 1 amide bonds. The normalized spacial score (nSPS) is 10.2. The lowest BCUT2D eigenvalue weighted by molar-refractivity contribution is -0.384. The van der Waals surface area contributed by atoms with Gasteiger partial charge in [-0.2, -0.15) is 0 Å². The number of carbonyl (C=O) groups is 2. The number of anilines is 1. The first kappa shape index (κ1) is 18.4. The molecule has 2 aromatic carbocycles. The molecule has 25 heavy (non-hydrogen) atoms. The van der Waals surface area contributed by atoms with Crippen molar-refractivity contribution < 1.29 is 24.4 Å². The van der Waals surface area contributed by atoms with Gasteiger partial charge in [-0.25, -0.2) is 4.79 Å². The summed E-state index contributed by atoms with van der Waals surface area (Å²) in [5.74, 6) is -1.41. The predicted molar refractivity (Wildman–Crippen MR) is 89.4 cm³/mol. The molecule has 0 saturated heterocycles. The maximum Gasteiger partial charge on any atom is 0.338 e. The van der Waals surface area contributed by atoms with Crippen LogP contribution in [0.3, 0.4) is 0 Å². The third kappa shape index (κ3) is 5.00. The first-order valence-electron chi connectivity index (χ1n) is 7.01. The SMILES string of the molecule is O=C(COC(=O)c1ccc(CO)cc1)Nc1cc([N+](=O)[O-])ccc1Cl. The van der Waals surface area contributed by atoms with Gasteiger partial charge in [0.1, 0.15) is 0 Å². The summed E-state index contributed by atoms with van der Waals surface area (Å²) in [7, 11) is 0. The van der Waals surface area contributed by atoms with Crippen LogP contribution in [0.4, 0.5) is 11.4 Å². The van der Waals surface area contributed by atoms with Crippen molar-refractivity contribution >= 4 is 34.9 Å². The number of halogens is 1. The first-order chi connectivity index (χ1) is 11.9. The molecule has 0 fully saturated rings. The number of non-ortho nitro benzene ring substituents is 1. The van der Waals surface area contributed by atoms with Crippen LogP contribution < -0.4 is 5.32 Å². The largest absolute Gasteiger partial charge is 0.452 e. The third-order valence-corrected chi connectivity index (χ3v) is 3.47. The number of aliphatic hydroxyl groups is 1. The molecule has 0 atom stereocenters. The number of hydrogen-bond donors (Lipinski definition) is 2. The molecule has 0 heterocycles. The van der Waals surface area contributed by atoms with Crippen molar-refractivity contribution in [2.45, 2.75) is 6.61 Å². The van der Waals surface area contributed by atoms with Gasteiger partial charge in [0.2, 0.25) is 0 Å². The van der Waals surface area contributed by atoms with E-state index in [-0.39, 0.29) is 28.6 Å². The number of nitrogens with one attached hydrogen (secondary N) is 1. The highest BCUT2D eigenvalue weighted by Gasteiger charge is 2.14. The van der Waals surface area contributed by atoms with E-state index < -0.39 is 23.4 Å². The Labute approximate surface area is 147 Å². The molecule has 2 N–H and O–H groups in total. The topological polar surface area (TPSA) is 119 Å². The minimum Gasteiger partial charge on any atom is -0.452 e. The van der Waals surface area contributed by atoms with E-state index >= 15 is 0 Å². The van der Waals surface area contributed by atoms with E-state index in [0.717, 1.165) is 6.07 Å². The van der Waals surface area contributed by atoms with Crippen molar-refractivity contribution in [2.24, 2.45) is 0 Å². The van der Waals surface area contributed by atoms with Crippen LogP contribution in [0.25, 0.3) is 0 Å². The number of benzene rings is 2. The highest BCUT2D eigenvalue weighted by atomic mass is 35.5. The van der Waals surface area contributed by atoms with Crippen LogP contribution in [-0.4, -0.2) is 28.5 Å². The molecule has 2 rings (SSSR count). The lowest BCUT2D eigenvalue weighted by Gasteiger charge is -2.08. The predicted octanol–water partition coefficient (Wildman–Crippen LogP) is 2.54. The van der Waals surface area contributed by atoms with Gasteiger partial charge >= 0.3 is 5.97 Å². The van der Waals surface area contributed by atoms with Gasteiger partial charge in [0, 0.05) is 12.1 Å². The van der Waals surface area contributed by atoms with Crippen molar-refractivity contribution in [1.29, 1.82) is 0 Å². The number of rotatable bonds is 6. The molecule has 0 aromatic heterocycles. The number of carbonyl (C=O) groups excluding carboxylic acids is 2. The van der Waals surface area contributed by atoms with E-state index in [1.165, 1.54) is 24.3 Å². The number of esters is 1. The molecular weight excluding hydrogens is 352 g/mol. The van der Waals surface area contributed by atoms with E-state index in [0.29, 0.717) is 5.56 Å². The van der Waals surface area contributed by atoms with Crippen LogP contribution >= 0.6 is 11.6 Å². The van der Waals surface area contributed by atoms with Crippen LogP contribution in [0, 0.1) is 10.1 Å². The monoisotopic (exact) mass is 364 g/mol. The quantitative estimate of drug-likeness (QED) is 0.462. The van der Waals surface area contributed by atoms with E-state index in [2.05, 4.69) is 5.32 Å². The number of ether oxygens (including phenoxy) is 1. The molecule has 130 valence electrons. The van der Waals surface area contributed by atoms with Crippen molar-refractivity contribution in [3.63, 3.8) is 0 Å². The first-order valence-corrected chi connectivity index (χ1v) is 7.39. The standard InChI is InChI=1S/C16H13ClN2O6/c17-13-6-5-12(19(23)24)7-14(13)18-15(21)9-25-16(22)11-3-1-10(8-20)2-4-11/h1-7,20H,8-9H2,(H,18,21). The van der Waals surface area contributed by atoms with Gasteiger partial charge in [0.15, 0.2) is 6.61 Å². The molecule has 0 aliphatic carbocycles. The fourth-order valence-electron chi connectivity index (χ4n) is 1.87. The van der Waals surface area contributed by atoms with Gasteiger partial charge in [-0.3, -0.25) is 14.9 Å². The Hall–Kier alpha value is -2.97. The summed E-state index contributed by atoms with van der Waals surface area (Å²) in [6.45, 7) is -0.735. The molecular formula is C16H13ClN2O6. The molecule has 0 radical (unpaired) electrons. The fraction of sp³-hybridized carbons (Fsp3) is 0.125. The van der Waals surface area contributed by atoms with Gasteiger partial charge in [-0.15, -0.1) is 0 Å². The molecule has 0 spiro atoms. The molecule has 8 nitrogen and oxygen atoms in total. The van der Waals surface area contributed by atoms with Crippen molar-refractivity contribution in [2.75, 3.05) is 11.9 Å². The molecule has 0 saturated carbocycles. The maximum atomic E-state index is 11.8. The van der Waals surface area contributed by atoms with E-state index in [1.807, 2.05) is 0 Å². The molecule has 0 aliphatic rings. The lowest BCUT2D eigenvalue weighted by Crippen LogP contribution is -2.21. The van der Waals surface area contributed by atoms with Crippen LogP contribution in [-0.2, 0) is 16.1 Å². The summed E-state index contributed by atoms with van der Waals surface area (Å²) in [6, 6.07) is 9.62. The number of nitrogens with zero attached hydrogens (tertiary/aromatic N) is 1. The highest BCUT2D eigenvalue weighted by Crippen LogP contribution is 2.26. The Morgan fingerprint density at radius 1 is 1.20 bits per heavy atom. The maximum absolute atomic E-state index is 11.8. The van der Waals surface area contributed by atoms with E-state index in [1.54, 1.807) is 12.1 Å². The Kier molecular flexibility index (Phi) is 6.04. The number of aliphatic hydroxyl groups excluding tert-OH is 1. The number of amides is 1. The molecule has 9 heteroatoms. The molecule has 0 unspecified atom stereocenters. The van der Waals surface area contributed by atoms with Gasteiger partial charge in [-0.05, 0) is 23.8 Å². The smallest absolute Gasteiger partial charge is 0.338 e. The average molecular weight is 365 g/mol. The zero-order chi connectivity index (χ0) is 18.4. The van der Waals surface area contributed by atoms with E-state index in [4.69, 9.17) is 21.4 Å². The summed E-state index contributed by atoms with van der Waals surface area (Å²) >= 11 is 5.87. The summed E-state index contributed by atoms with van der Waals surface area (Å²) in [5, 5.41) is 22.1. The summed E-state index contributed by atoms with van der Waals surface area (Å²) < 4.78 is 4.86. The Balaban J connectivity index is 1.95. The van der Waals surface area contributed by atoms with Crippen LogP contribution in [0.2, 0.25) is 5.02 Å². The molecule has 0 aliphatic heterocycles. The minimum absolute atomic E-state index is 0.0456. The highest BCUT2D eigenvalue weighted by molar-refractivity contribution is 6.33. The molecule has 0 bridgehead atoms. The van der Waals surface area contributed by atoms with Crippen molar-refractivity contribution in [1.82, 2.24) is 0 Å². The zero-order valence-electron chi connectivity index (χ0n) is 12.8. The Morgan fingerprint density at radius 3 is 2.48 bits per heavy atom. The van der Waals surface area contributed by atoms with Crippen LogP contribution in [0.5, 0.6) is 0 Å². The fourth-order valence-corrected chi connectivity index (χ4v) is 2.03. The number of nitro groups is 1.